The maximum absolute atomic E-state index is 12.8. The van der Waals surface area contributed by atoms with Crippen molar-refractivity contribution in [1.29, 1.82) is 0 Å². The van der Waals surface area contributed by atoms with Crippen LogP contribution in [0.25, 0.3) is 11.3 Å². The first-order valence-corrected chi connectivity index (χ1v) is 6.53. The maximum atomic E-state index is 12.8. The van der Waals surface area contributed by atoms with Crippen molar-refractivity contribution < 1.29 is 4.39 Å². The highest BCUT2D eigenvalue weighted by atomic mass is 32.1. The zero-order valence-electron chi connectivity index (χ0n) is 9.32. The van der Waals surface area contributed by atoms with Gasteiger partial charge in [0.05, 0.1) is 5.69 Å². The van der Waals surface area contributed by atoms with Crippen LogP contribution < -0.4 is 5.32 Å². The molecule has 1 fully saturated rings. The lowest BCUT2D eigenvalue weighted by molar-refractivity contribution is 0.628. The van der Waals surface area contributed by atoms with Crippen LogP contribution in [0.1, 0.15) is 17.7 Å². The van der Waals surface area contributed by atoms with Crippen LogP contribution in [0, 0.1) is 5.82 Å². The molecule has 0 aliphatic heterocycles. The van der Waals surface area contributed by atoms with E-state index in [1.807, 2.05) is 0 Å². The summed E-state index contributed by atoms with van der Waals surface area (Å²) in [4.78, 5) is 1.23. The Bertz CT molecular complexity index is 502. The Labute approximate surface area is 104 Å². The number of hydrogen-bond acceptors (Lipinski definition) is 3. The molecule has 0 amide bonds. The summed E-state index contributed by atoms with van der Waals surface area (Å²) in [5, 5.41) is 3.46. The van der Waals surface area contributed by atoms with Gasteiger partial charge in [-0.15, -0.1) is 0 Å². The number of hydrogen-bond donors (Lipinski definition) is 1. The zero-order valence-corrected chi connectivity index (χ0v) is 10.1. The number of halogens is 1. The molecule has 3 rings (SSSR count). The molecular formula is C13H13FN2S. The molecular weight excluding hydrogens is 235 g/mol. The Morgan fingerprint density at radius 3 is 2.76 bits per heavy atom. The average molecular weight is 248 g/mol. The molecule has 1 saturated carbocycles. The SMILES string of the molecule is Fc1ccc(-c2cc(CNC3CC3)sn2)cc1. The molecule has 0 unspecified atom stereocenters. The van der Waals surface area contributed by atoms with Gasteiger partial charge in [-0.3, -0.25) is 0 Å². The Kier molecular flexibility index (Phi) is 2.91. The monoisotopic (exact) mass is 248 g/mol. The summed E-state index contributed by atoms with van der Waals surface area (Å²) in [7, 11) is 0. The average Bonchev–Trinajstić information content (AvgIpc) is 3.06. The molecule has 4 heteroatoms. The predicted octanol–water partition coefficient (Wildman–Crippen LogP) is 3.20. The molecule has 0 bridgehead atoms. The maximum Gasteiger partial charge on any atom is 0.123 e. The van der Waals surface area contributed by atoms with Gasteiger partial charge in [0.25, 0.3) is 0 Å². The molecule has 1 N–H and O–H groups in total. The van der Waals surface area contributed by atoms with Crippen LogP contribution >= 0.6 is 11.5 Å². The number of aromatic nitrogens is 1. The fraction of sp³-hybridized carbons (Fsp3) is 0.308. The minimum Gasteiger partial charge on any atom is -0.309 e. The second-order valence-corrected chi connectivity index (χ2v) is 5.23. The Morgan fingerprint density at radius 2 is 2.06 bits per heavy atom. The molecule has 1 heterocycles. The van der Waals surface area contributed by atoms with Gasteiger partial charge in [-0.2, -0.15) is 4.37 Å². The van der Waals surface area contributed by atoms with Gasteiger partial charge in [0.2, 0.25) is 0 Å². The normalized spacial score (nSPS) is 15.1. The predicted molar refractivity (Wildman–Crippen MR) is 67.4 cm³/mol. The van der Waals surface area contributed by atoms with E-state index in [2.05, 4.69) is 15.8 Å². The van der Waals surface area contributed by atoms with E-state index in [0.29, 0.717) is 6.04 Å². The molecule has 1 aliphatic carbocycles. The number of rotatable bonds is 4. The molecule has 88 valence electrons. The molecule has 1 aliphatic rings. The highest BCUT2D eigenvalue weighted by Crippen LogP contribution is 2.24. The van der Waals surface area contributed by atoms with Gasteiger partial charge in [0.1, 0.15) is 5.82 Å². The number of nitrogens with zero attached hydrogens (tertiary/aromatic N) is 1. The lowest BCUT2D eigenvalue weighted by atomic mass is 10.1. The molecule has 1 aromatic carbocycles. The Balaban J connectivity index is 1.72. The second kappa shape index (κ2) is 4.55. The molecule has 0 saturated heterocycles. The van der Waals surface area contributed by atoms with Crippen LogP contribution in [-0.2, 0) is 6.54 Å². The van der Waals surface area contributed by atoms with E-state index >= 15 is 0 Å². The molecule has 0 spiro atoms. The van der Waals surface area contributed by atoms with Crippen LogP contribution in [0.4, 0.5) is 4.39 Å². The largest absolute Gasteiger partial charge is 0.309 e. The van der Waals surface area contributed by atoms with E-state index in [4.69, 9.17) is 0 Å². The first kappa shape index (κ1) is 10.9. The third-order valence-corrected chi connectivity index (χ3v) is 3.63. The van der Waals surface area contributed by atoms with Crippen molar-refractivity contribution in [2.75, 3.05) is 0 Å². The quantitative estimate of drug-likeness (QED) is 0.898. The molecule has 2 nitrogen and oxygen atoms in total. The van der Waals surface area contributed by atoms with Gasteiger partial charge < -0.3 is 5.32 Å². The van der Waals surface area contributed by atoms with E-state index < -0.39 is 0 Å². The molecule has 1 aromatic heterocycles. The lowest BCUT2D eigenvalue weighted by Crippen LogP contribution is -2.14. The van der Waals surface area contributed by atoms with Crippen molar-refractivity contribution in [1.82, 2.24) is 9.69 Å². The van der Waals surface area contributed by atoms with Gasteiger partial charge in [0, 0.05) is 23.0 Å². The van der Waals surface area contributed by atoms with Crippen molar-refractivity contribution in [3.8, 4) is 11.3 Å². The summed E-state index contributed by atoms with van der Waals surface area (Å²) in [5.74, 6) is -0.209. The van der Waals surface area contributed by atoms with Crippen molar-refractivity contribution in [3.05, 3.63) is 41.0 Å². The van der Waals surface area contributed by atoms with Gasteiger partial charge in [-0.1, -0.05) is 0 Å². The van der Waals surface area contributed by atoms with Crippen LogP contribution in [0.5, 0.6) is 0 Å². The molecule has 0 atom stereocenters. The number of benzene rings is 1. The van der Waals surface area contributed by atoms with Crippen LogP contribution in [0.2, 0.25) is 0 Å². The van der Waals surface area contributed by atoms with Gasteiger partial charge >= 0.3 is 0 Å². The van der Waals surface area contributed by atoms with E-state index in [0.717, 1.165) is 17.8 Å². The fourth-order valence-electron chi connectivity index (χ4n) is 1.69. The standard InChI is InChI=1S/C13H13FN2S/c14-10-3-1-9(2-4-10)13-7-12(17-16-13)8-15-11-5-6-11/h1-4,7,11,15H,5-6,8H2. The summed E-state index contributed by atoms with van der Waals surface area (Å²) in [5.41, 5.74) is 1.91. The number of nitrogens with one attached hydrogen (secondary N) is 1. The molecule has 2 aromatic rings. The molecule has 0 radical (unpaired) electrons. The van der Waals surface area contributed by atoms with Crippen LogP contribution in [0.15, 0.2) is 30.3 Å². The smallest absolute Gasteiger partial charge is 0.123 e. The highest BCUT2D eigenvalue weighted by molar-refractivity contribution is 7.06. The molecule has 17 heavy (non-hydrogen) atoms. The summed E-state index contributed by atoms with van der Waals surface area (Å²) in [6.07, 6.45) is 2.59. The van der Waals surface area contributed by atoms with Gasteiger partial charge in [-0.25, -0.2) is 4.39 Å². The first-order chi connectivity index (χ1) is 8.31. The highest BCUT2D eigenvalue weighted by Gasteiger charge is 2.20. The third-order valence-electron chi connectivity index (χ3n) is 2.84. The van der Waals surface area contributed by atoms with Crippen LogP contribution in [-0.4, -0.2) is 10.4 Å². The van der Waals surface area contributed by atoms with E-state index in [1.165, 1.54) is 41.4 Å². The summed E-state index contributed by atoms with van der Waals surface area (Å²) in [6.45, 7) is 0.892. The first-order valence-electron chi connectivity index (χ1n) is 5.76. The summed E-state index contributed by atoms with van der Waals surface area (Å²) in [6, 6.07) is 9.26. The van der Waals surface area contributed by atoms with Crippen molar-refractivity contribution in [2.24, 2.45) is 0 Å². The second-order valence-electron chi connectivity index (χ2n) is 4.34. The topological polar surface area (TPSA) is 24.9 Å². The van der Waals surface area contributed by atoms with Gasteiger partial charge in [0.15, 0.2) is 0 Å². The minimum atomic E-state index is -0.209. The Morgan fingerprint density at radius 1 is 1.29 bits per heavy atom. The van der Waals surface area contributed by atoms with Crippen molar-refractivity contribution >= 4 is 11.5 Å². The van der Waals surface area contributed by atoms with Gasteiger partial charge in [-0.05, 0) is 54.7 Å². The minimum absolute atomic E-state index is 0.209. The summed E-state index contributed by atoms with van der Waals surface area (Å²) < 4.78 is 17.2. The lowest BCUT2D eigenvalue weighted by Gasteiger charge is -1.97. The van der Waals surface area contributed by atoms with E-state index in [9.17, 15) is 4.39 Å². The fourth-order valence-corrected chi connectivity index (χ4v) is 2.37. The third kappa shape index (κ3) is 2.70. The summed E-state index contributed by atoms with van der Waals surface area (Å²) >= 11 is 1.51. The zero-order chi connectivity index (χ0) is 11.7. The van der Waals surface area contributed by atoms with Crippen molar-refractivity contribution in [3.63, 3.8) is 0 Å². The van der Waals surface area contributed by atoms with E-state index in [1.54, 1.807) is 12.1 Å². The van der Waals surface area contributed by atoms with Crippen LogP contribution in [0.3, 0.4) is 0 Å². The van der Waals surface area contributed by atoms with Crippen molar-refractivity contribution in [2.45, 2.75) is 25.4 Å². The van der Waals surface area contributed by atoms with E-state index in [-0.39, 0.29) is 5.82 Å². The Hall–Kier alpha value is -1.26.